The van der Waals surface area contributed by atoms with Crippen LogP contribution in [-0.4, -0.2) is 11.5 Å². The SMILES string of the molecule is CCC(C#N)C(=O)c1cc2c(s1)CCSC2. The smallest absolute Gasteiger partial charge is 0.189 e. The largest absolute Gasteiger partial charge is 0.292 e. The van der Waals surface area contributed by atoms with E-state index < -0.39 is 5.92 Å². The standard InChI is InChI=1S/C12H13NOS2/c1-2-8(6-13)12(14)11-5-9-7-15-4-3-10(9)16-11/h5,8H,2-4,7H2,1H3. The fourth-order valence-corrected chi connectivity index (χ4v) is 4.14. The molecule has 2 heterocycles. The summed E-state index contributed by atoms with van der Waals surface area (Å²) in [5.41, 5.74) is 1.30. The lowest BCUT2D eigenvalue weighted by atomic mass is 10.0. The molecule has 1 aromatic heterocycles. The highest BCUT2D eigenvalue weighted by molar-refractivity contribution is 7.98. The molecule has 84 valence electrons. The van der Waals surface area contributed by atoms with Gasteiger partial charge in [0.1, 0.15) is 5.92 Å². The molecule has 2 rings (SSSR count). The minimum Gasteiger partial charge on any atom is -0.292 e. The lowest BCUT2D eigenvalue weighted by Crippen LogP contribution is -2.10. The molecule has 1 unspecified atom stereocenters. The molecule has 0 N–H and O–H groups in total. The maximum atomic E-state index is 12.0. The second-order valence-electron chi connectivity index (χ2n) is 3.82. The Balaban J connectivity index is 2.24. The van der Waals surface area contributed by atoms with E-state index in [0.717, 1.165) is 22.8 Å². The Kier molecular flexibility index (Phi) is 3.67. The maximum absolute atomic E-state index is 12.0. The van der Waals surface area contributed by atoms with Crippen molar-refractivity contribution in [2.45, 2.75) is 25.5 Å². The molecule has 4 heteroatoms. The number of Topliss-reactive ketones (excluding diaryl/α,β-unsaturated/α-hetero) is 1. The number of thioether (sulfide) groups is 1. The Morgan fingerprint density at radius 3 is 3.12 bits per heavy atom. The van der Waals surface area contributed by atoms with Crippen LogP contribution >= 0.6 is 23.1 Å². The van der Waals surface area contributed by atoms with Crippen LogP contribution in [0.25, 0.3) is 0 Å². The first kappa shape index (κ1) is 11.7. The molecule has 0 saturated heterocycles. The van der Waals surface area contributed by atoms with Gasteiger partial charge in [-0.25, -0.2) is 0 Å². The van der Waals surface area contributed by atoms with Crippen molar-refractivity contribution >= 4 is 28.9 Å². The minimum absolute atomic E-state index is 0.00870. The molecule has 16 heavy (non-hydrogen) atoms. The number of hydrogen-bond acceptors (Lipinski definition) is 4. The van der Waals surface area contributed by atoms with Gasteiger partial charge in [0.2, 0.25) is 0 Å². The van der Waals surface area contributed by atoms with Crippen molar-refractivity contribution in [1.82, 2.24) is 0 Å². The van der Waals surface area contributed by atoms with Crippen molar-refractivity contribution in [3.63, 3.8) is 0 Å². The summed E-state index contributed by atoms with van der Waals surface area (Å²) < 4.78 is 0. The summed E-state index contributed by atoms with van der Waals surface area (Å²) in [6, 6.07) is 4.08. The summed E-state index contributed by atoms with van der Waals surface area (Å²) >= 11 is 3.50. The van der Waals surface area contributed by atoms with Gasteiger partial charge in [-0.05, 0) is 30.2 Å². The Morgan fingerprint density at radius 2 is 2.50 bits per heavy atom. The van der Waals surface area contributed by atoms with Gasteiger partial charge in [0.05, 0.1) is 10.9 Å². The first-order chi connectivity index (χ1) is 7.76. The third-order valence-corrected chi connectivity index (χ3v) is 5.01. The summed E-state index contributed by atoms with van der Waals surface area (Å²) in [6.07, 6.45) is 1.67. The van der Waals surface area contributed by atoms with Crippen molar-refractivity contribution in [2.75, 3.05) is 5.75 Å². The molecule has 1 aliphatic rings. The molecular weight excluding hydrogens is 238 g/mol. The van der Waals surface area contributed by atoms with Crippen molar-refractivity contribution in [3.8, 4) is 6.07 Å². The number of rotatable bonds is 3. The van der Waals surface area contributed by atoms with Crippen LogP contribution in [0.2, 0.25) is 0 Å². The second kappa shape index (κ2) is 5.03. The Hall–Kier alpha value is -0.790. The van der Waals surface area contributed by atoms with Gasteiger partial charge in [-0.1, -0.05) is 6.92 Å². The van der Waals surface area contributed by atoms with E-state index in [1.165, 1.54) is 10.4 Å². The molecule has 0 fully saturated rings. The topological polar surface area (TPSA) is 40.9 Å². The van der Waals surface area contributed by atoms with Gasteiger partial charge in [0.25, 0.3) is 0 Å². The molecule has 2 nitrogen and oxygen atoms in total. The van der Waals surface area contributed by atoms with Gasteiger partial charge in [0.15, 0.2) is 5.78 Å². The summed E-state index contributed by atoms with van der Waals surface area (Å²) in [5, 5.41) is 8.89. The number of aryl methyl sites for hydroxylation is 1. The fraction of sp³-hybridized carbons (Fsp3) is 0.500. The predicted molar refractivity (Wildman–Crippen MR) is 67.9 cm³/mol. The lowest BCUT2D eigenvalue weighted by Gasteiger charge is -2.08. The third-order valence-electron chi connectivity index (χ3n) is 2.75. The molecule has 0 aliphatic carbocycles. The molecular formula is C12H13NOS2. The molecule has 0 radical (unpaired) electrons. The molecule has 1 aliphatic heterocycles. The number of ketones is 1. The predicted octanol–water partition coefficient (Wildman–Crippen LogP) is 3.27. The van der Waals surface area contributed by atoms with Gasteiger partial charge in [-0.15, -0.1) is 11.3 Å². The highest BCUT2D eigenvalue weighted by atomic mass is 32.2. The number of hydrogen-bond donors (Lipinski definition) is 0. The maximum Gasteiger partial charge on any atom is 0.189 e. The Labute approximate surface area is 104 Å². The number of fused-ring (bicyclic) bond motifs is 1. The zero-order chi connectivity index (χ0) is 11.5. The van der Waals surface area contributed by atoms with Crippen molar-refractivity contribution in [1.29, 1.82) is 5.26 Å². The number of carbonyl (C=O) groups is 1. The van der Waals surface area contributed by atoms with E-state index in [-0.39, 0.29) is 5.78 Å². The van der Waals surface area contributed by atoms with Crippen molar-refractivity contribution in [2.24, 2.45) is 5.92 Å². The molecule has 0 bridgehead atoms. The quantitative estimate of drug-likeness (QED) is 0.774. The summed E-state index contributed by atoms with van der Waals surface area (Å²) in [6.45, 7) is 1.88. The van der Waals surface area contributed by atoms with Gasteiger partial charge >= 0.3 is 0 Å². The van der Waals surface area contributed by atoms with E-state index in [9.17, 15) is 4.79 Å². The molecule has 0 amide bonds. The molecule has 1 aromatic rings. The zero-order valence-corrected chi connectivity index (χ0v) is 10.8. The monoisotopic (exact) mass is 251 g/mol. The van der Waals surface area contributed by atoms with Gasteiger partial charge in [0, 0.05) is 10.6 Å². The first-order valence-corrected chi connectivity index (χ1v) is 7.36. The Morgan fingerprint density at radius 1 is 1.69 bits per heavy atom. The highest BCUT2D eigenvalue weighted by Crippen LogP contribution is 2.32. The van der Waals surface area contributed by atoms with Gasteiger partial charge in [-0.2, -0.15) is 17.0 Å². The van der Waals surface area contributed by atoms with Crippen LogP contribution in [-0.2, 0) is 12.2 Å². The van der Waals surface area contributed by atoms with E-state index in [4.69, 9.17) is 5.26 Å². The number of thiophene rings is 1. The van der Waals surface area contributed by atoms with E-state index in [0.29, 0.717) is 6.42 Å². The van der Waals surface area contributed by atoms with Crippen molar-refractivity contribution < 1.29 is 4.79 Å². The van der Waals surface area contributed by atoms with Crippen LogP contribution < -0.4 is 0 Å². The normalized spacial score (nSPS) is 16.2. The molecule has 0 saturated carbocycles. The Bertz CT molecular complexity index is 421. The van der Waals surface area contributed by atoms with Crippen LogP contribution in [0, 0.1) is 17.2 Å². The van der Waals surface area contributed by atoms with Gasteiger partial charge < -0.3 is 0 Å². The fourth-order valence-electron chi connectivity index (χ4n) is 1.78. The summed E-state index contributed by atoms with van der Waals surface area (Å²) in [5.74, 6) is 1.71. The van der Waals surface area contributed by atoms with Crippen LogP contribution in [0.3, 0.4) is 0 Å². The third kappa shape index (κ3) is 2.16. The van der Waals surface area contributed by atoms with Crippen molar-refractivity contribution in [3.05, 3.63) is 21.4 Å². The summed E-state index contributed by atoms with van der Waals surface area (Å²) in [7, 11) is 0. The number of carbonyl (C=O) groups excluding carboxylic acids is 1. The van der Waals surface area contributed by atoms with Crippen LogP contribution in [0.15, 0.2) is 6.07 Å². The zero-order valence-electron chi connectivity index (χ0n) is 9.16. The number of nitrogens with zero attached hydrogens (tertiary/aromatic N) is 1. The average Bonchev–Trinajstić information content (AvgIpc) is 2.74. The van der Waals surface area contributed by atoms with E-state index in [2.05, 4.69) is 6.07 Å². The van der Waals surface area contributed by atoms with E-state index in [1.807, 2.05) is 24.8 Å². The minimum atomic E-state index is -0.465. The molecule has 0 aromatic carbocycles. The van der Waals surface area contributed by atoms with Crippen LogP contribution in [0.4, 0.5) is 0 Å². The van der Waals surface area contributed by atoms with Crippen LogP contribution in [0.1, 0.15) is 33.5 Å². The highest BCUT2D eigenvalue weighted by Gasteiger charge is 2.22. The van der Waals surface area contributed by atoms with E-state index in [1.54, 1.807) is 11.3 Å². The lowest BCUT2D eigenvalue weighted by molar-refractivity contribution is 0.0950. The molecule has 0 spiro atoms. The molecule has 1 atom stereocenters. The van der Waals surface area contributed by atoms with Gasteiger partial charge in [-0.3, -0.25) is 4.79 Å². The number of nitriles is 1. The van der Waals surface area contributed by atoms with E-state index >= 15 is 0 Å². The first-order valence-electron chi connectivity index (χ1n) is 5.39. The average molecular weight is 251 g/mol. The summed E-state index contributed by atoms with van der Waals surface area (Å²) in [4.78, 5) is 14.1. The van der Waals surface area contributed by atoms with Crippen LogP contribution in [0.5, 0.6) is 0 Å². The second-order valence-corrected chi connectivity index (χ2v) is 6.06.